The van der Waals surface area contributed by atoms with E-state index in [4.69, 9.17) is 18.1 Å². The molecule has 1 aliphatic carbocycles. The van der Waals surface area contributed by atoms with E-state index in [-0.39, 0.29) is 5.69 Å². The number of anilines is 2. The Morgan fingerprint density at radius 1 is 0.600 bits per heavy atom. The lowest BCUT2D eigenvalue weighted by atomic mass is 9.96. The maximum absolute atomic E-state index is 9.70. The van der Waals surface area contributed by atoms with Crippen LogP contribution in [0.3, 0.4) is 0 Å². The van der Waals surface area contributed by atoms with Gasteiger partial charge < -0.3 is 13.9 Å². The van der Waals surface area contributed by atoms with Gasteiger partial charge in [0, 0.05) is 34.5 Å². The smallest absolute Gasteiger partial charge is 0.145 e. The van der Waals surface area contributed by atoms with Crippen LogP contribution in [0.1, 0.15) is 28.3 Å². The van der Waals surface area contributed by atoms with E-state index in [1.54, 1.807) is 36.4 Å². The predicted molar refractivity (Wildman–Crippen MR) is 232 cm³/mol. The van der Waals surface area contributed by atoms with Gasteiger partial charge in [-0.15, -0.1) is 0 Å². The predicted octanol–water partition coefficient (Wildman–Crippen LogP) is 14.2. The molecule has 0 fully saturated rings. The van der Waals surface area contributed by atoms with Crippen LogP contribution in [0.25, 0.3) is 82.5 Å². The minimum atomic E-state index is -1.78. The van der Waals surface area contributed by atoms with Gasteiger partial charge in [0.05, 0.1) is 48.7 Å². The fourth-order valence-corrected chi connectivity index (χ4v) is 7.64. The van der Waals surface area contributed by atoms with Gasteiger partial charge in [-0.2, -0.15) is 0 Å². The summed E-state index contributed by atoms with van der Waals surface area (Å²) in [6, 6.07) is 22.0. The highest BCUT2D eigenvalue weighted by Crippen LogP contribution is 2.45. The van der Waals surface area contributed by atoms with Crippen molar-refractivity contribution in [1.29, 1.82) is 0 Å². The van der Waals surface area contributed by atoms with Gasteiger partial charge >= 0.3 is 0 Å². The van der Waals surface area contributed by atoms with Gasteiger partial charge in [-0.1, -0.05) is 145 Å². The van der Waals surface area contributed by atoms with Crippen LogP contribution < -0.4 is 4.90 Å². The normalized spacial score (nSPS) is 20.3. The Balaban J connectivity index is 1.17. The second-order valence-corrected chi connectivity index (χ2v) is 13.1. The Kier molecular flexibility index (Phi) is 4.49. The number of furan rings is 1. The van der Waals surface area contributed by atoms with Gasteiger partial charge in [-0.25, -0.2) is 0 Å². The number of allylic oxidation sites excluding steroid dienone is 2. The number of nitrogens with zero attached hydrogens (tertiary/aromatic N) is 2. The van der Waals surface area contributed by atoms with E-state index in [0.717, 1.165) is 33.1 Å². The zero-order valence-corrected chi connectivity index (χ0v) is 28.8. The van der Waals surface area contributed by atoms with Gasteiger partial charge in [0.25, 0.3) is 0 Å². The van der Waals surface area contributed by atoms with E-state index in [1.165, 1.54) is 4.90 Å². The van der Waals surface area contributed by atoms with Crippen LogP contribution in [0.5, 0.6) is 0 Å². The monoisotopic (exact) mass is 720 g/mol. The number of hydrogen-bond acceptors (Lipinski definition) is 2. The van der Waals surface area contributed by atoms with Crippen LogP contribution in [0.2, 0.25) is 0 Å². The lowest BCUT2D eigenvalue weighted by Crippen LogP contribution is -2.29. The summed E-state index contributed by atoms with van der Waals surface area (Å²) < 4.78 is 152. The highest BCUT2D eigenvalue weighted by Gasteiger charge is 2.25. The van der Waals surface area contributed by atoms with Crippen LogP contribution in [0, 0.1) is 0 Å². The molecule has 0 bridgehead atoms. The number of para-hydroxylation sites is 3. The van der Waals surface area contributed by atoms with E-state index in [0.29, 0.717) is 27.5 Å². The summed E-state index contributed by atoms with van der Waals surface area (Å²) in [6.07, 6.45) is -1.78. The van der Waals surface area contributed by atoms with Crippen molar-refractivity contribution in [2.75, 3.05) is 4.90 Å². The van der Waals surface area contributed by atoms with E-state index >= 15 is 0 Å². The maximum Gasteiger partial charge on any atom is 0.145 e. The first-order chi connectivity index (χ1) is 34.0. The highest BCUT2D eigenvalue weighted by atomic mass is 16.3. The summed E-state index contributed by atoms with van der Waals surface area (Å²) in [7, 11) is 0. The maximum atomic E-state index is 9.70. The summed E-state index contributed by atoms with van der Waals surface area (Å²) in [5.74, 6) is 0. The summed E-state index contributed by atoms with van der Waals surface area (Å²) in [6.45, 7) is 0. The summed E-state index contributed by atoms with van der Waals surface area (Å²) in [4.78, 5) is 1.20. The third-order valence-electron chi connectivity index (χ3n) is 10.1. The van der Waals surface area contributed by atoms with Crippen LogP contribution in [0.4, 0.5) is 11.4 Å². The molecule has 0 amide bonds. The van der Waals surface area contributed by atoms with E-state index in [2.05, 4.69) is 28.8 Å². The third-order valence-corrected chi connectivity index (χ3v) is 10.1. The average molecular weight is 721 g/mol. The summed E-state index contributed by atoms with van der Waals surface area (Å²) >= 11 is 0. The van der Waals surface area contributed by atoms with E-state index in [9.17, 15) is 8.22 Å². The molecule has 0 saturated carbocycles. The number of rotatable bonds is 6. The minimum absolute atomic E-state index is 0.109. The molecule has 0 aliphatic heterocycles. The van der Waals surface area contributed by atoms with Gasteiger partial charge in [0.15, 0.2) is 0 Å². The molecule has 2 unspecified atom stereocenters. The largest absolute Gasteiger partial charge is 0.455 e. The molecule has 0 saturated heterocycles. The zero-order chi connectivity index (χ0) is 50.2. The zero-order valence-electron chi connectivity index (χ0n) is 44.8. The van der Waals surface area contributed by atoms with Crippen LogP contribution >= 0.6 is 0 Å². The number of benzene rings is 8. The molecule has 10 aromatic rings. The average Bonchev–Trinajstić information content (AvgIpc) is 3.94. The standard InChI is InChI=1S/C52H36N2O/c1-2-15-38(16-3-1)53(39-29-25-36(26-30-39)42-21-12-14-35-13-4-5-17-41(35)42)49-34-33-43(52-51(49)46-20-8-11-24-50(46)55-52)37-27-31-40(32-28-37)54-47-22-9-6-18-44(47)45-19-7-10-23-48(45)54/h1-15,17-34,38H,16H2/i1D,2D,3D,4D,5D,12D,13D,14D,15D,16D,17D,21D,25D,26D,29D,30D. The molecule has 0 N–H and O–H groups in total. The SMILES string of the molecule is [2H]C1=C([2H])C([2H])C(N(c2c([2H])c([2H])c(-c3c([2H])c([2H])c([2H])c4c([2H])c([2H])c([2H])c([2H])c34)c([2H])c2[2H])c2ccc(-c3ccc(-n4c5ccccc5c5ccccc54)cc3)c3oc4ccccc4c23)C([2H])=C1[2H]. The number of aromatic nitrogens is 1. The molecule has 3 heteroatoms. The first kappa shape index (κ1) is 19.3. The van der Waals surface area contributed by atoms with Crippen molar-refractivity contribution >= 4 is 65.9 Å². The molecule has 0 radical (unpaired) electrons. The second kappa shape index (κ2) is 12.8. The molecule has 3 nitrogen and oxygen atoms in total. The molecule has 11 rings (SSSR count). The fourth-order valence-electron chi connectivity index (χ4n) is 7.64. The van der Waals surface area contributed by atoms with E-state index < -0.39 is 131 Å². The first-order valence-corrected chi connectivity index (χ1v) is 17.7. The topological polar surface area (TPSA) is 21.3 Å². The van der Waals surface area contributed by atoms with Crippen molar-refractivity contribution in [2.45, 2.75) is 12.4 Å². The van der Waals surface area contributed by atoms with Gasteiger partial charge in [0.1, 0.15) is 11.2 Å². The highest BCUT2D eigenvalue weighted by molar-refractivity contribution is 6.16. The molecule has 0 spiro atoms. The second-order valence-electron chi connectivity index (χ2n) is 13.1. The molecule has 2 atom stereocenters. The molecule has 8 aromatic carbocycles. The molecular weight excluding hydrogens is 669 g/mol. The minimum Gasteiger partial charge on any atom is -0.455 e. The Bertz CT molecular complexity index is 3950. The molecule has 1 aliphatic rings. The number of fused-ring (bicyclic) bond motifs is 7. The van der Waals surface area contributed by atoms with Gasteiger partial charge in [-0.3, -0.25) is 0 Å². The molecule has 260 valence electrons. The first-order valence-electron chi connectivity index (χ1n) is 25.7. The van der Waals surface area contributed by atoms with Crippen molar-refractivity contribution in [3.63, 3.8) is 0 Å². The van der Waals surface area contributed by atoms with Gasteiger partial charge in [-0.05, 0) is 88.4 Å². The van der Waals surface area contributed by atoms with Crippen molar-refractivity contribution in [2.24, 2.45) is 0 Å². The Morgan fingerprint density at radius 2 is 1.31 bits per heavy atom. The fraction of sp³-hybridized carbons (Fsp3) is 0.0385. The third kappa shape index (κ3) is 5.12. The molecule has 2 aromatic heterocycles. The van der Waals surface area contributed by atoms with Crippen molar-refractivity contribution in [1.82, 2.24) is 4.57 Å². The van der Waals surface area contributed by atoms with Crippen molar-refractivity contribution in [3.05, 3.63) is 200 Å². The Labute approximate surface area is 341 Å². The summed E-state index contributed by atoms with van der Waals surface area (Å²) in [5.41, 5.74) is 3.49. The van der Waals surface area contributed by atoms with Crippen LogP contribution in [0.15, 0.2) is 204 Å². The Hall–Kier alpha value is -7.10. The van der Waals surface area contributed by atoms with Gasteiger partial charge in [0.2, 0.25) is 0 Å². The van der Waals surface area contributed by atoms with Crippen molar-refractivity contribution < 1.29 is 26.3 Å². The lowest BCUT2D eigenvalue weighted by molar-refractivity contribution is 0.670. The molecule has 55 heavy (non-hydrogen) atoms. The van der Waals surface area contributed by atoms with Crippen molar-refractivity contribution in [3.8, 4) is 27.9 Å². The van der Waals surface area contributed by atoms with Crippen LogP contribution in [-0.4, -0.2) is 10.6 Å². The van der Waals surface area contributed by atoms with E-state index in [1.807, 2.05) is 48.5 Å². The Morgan fingerprint density at radius 3 is 2.11 bits per heavy atom. The van der Waals surface area contributed by atoms with Crippen LogP contribution in [-0.2, 0) is 0 Å². The molecular formula is C52H36N2O. The number of hydrogen-bond donors (Lipinski definition) is 0. The molecule has 2 heterocycles. The summed E-state index contributed by atoms with van der Waals surface area (Å²) in [5, 5.41) is 2.20. The quantitative estimate of drug-likeness (QED) is 0.171. The lowest BCUT2D eigenvalue weighted by Gasteiger charge is -2.33.